The van der Waals surface area contributed by atoms with Crippen molar-refractivity contribution in [3.05, 3.63) is 202 Å². The Bertz CT molecular complexity index is 3370. The maximum atomic E-state index is 7.35. The fourth-order valence-electron chi connectivity index (χ4n) is 11.4. The third-order valence-corrected chi connectivity index (χ3v) is 15.8. The van der Waals surface area contributed by atoms with Crippen LogP contribution in [0, 0.1) is 10.8 Å². The molecule has 0 unspecified atom stereocenters. The zero-order chi connectivity index (χ0) is 54.4. The van der Waals surface area contributed by atoms with Gasteiger partial charge in [0.25, 0.3) is 0 Å². The first-order valence-corrected chi connectivity index (χ1v) is 27.3. The van der Waals surface area contributed by atoms with E-state index in [2.05, 4.69) is 292 Å². The number of hydrogen-bond acceptors (Lipinski definition) is 4. The van der Waals surface area contributed by atoms with Crippen molar-refractivity contribution < 1.29 is 4.74 Å². The first-order valence-electron chi connectivity index (χ1n) is 27.3. The number of aromatic nitrogens is 2. The second-order valence-electron chi connectivity index (χ2n) is 27.6. The van der Waals surface area contributed by atoms with Crippen molar-refractivity contribution in [1.82, 2.24) is 9.55 Å². The molecule has 0 atom stereocenters. The predicted molar refractivity (Wildman–Crippen MR) is 321 cm³/mol. The Balaban J connectivity index is 1.24. The molecule has 6 aromatic carbocycles. The molecule has 0 saturated carbocycles. The topological polar surface area (TPSA) is 33.5 Å². The highest BCUT2D eigenvalue weighted by Gasteiger charge is 2.43. The van der Waals surface area contributed by atoms with E-state index in [4.69, 9.17) is 9.72 Å². The van der Waals surface area contributed by atoms with Gasteiger partial charge in [-0.2, -0.15) is 0 Å². The van der Waals surface area contributed by atoms with Gasteiger partial charge >= 0.3 is 0 Å². The molecule has 0 radical (unpaired) electrons. The molecule has 8 aromatic rings. The molecule has 0 fully saturated rings. The van der Waals surface area contributed by atoms with E-state index in [0.29, 0.717) is 6.67 Å². The first kappa shape index (κ1) is 53.2. The van der Waals surface area contributed by atoms with Crippen LogP contribution in [0.2, 0.25) is 0 Å². The average Bonchev–Trinajstić information content (AvgIpc) is 3.94. The van der Waals surface area contributed by atoms with Gasteiger partial charge in [-0.1, -0.05) is 216 Å². The second-order valence-corrected chi connectivity index (χ2v) is 27.6. The third-order valence-electron chi connectivity index (χ3n) is 15.8. The molecule has 5 heteroatoms. The van der Waals surface area contributed by atoms with Gasteiger partial charge in [0.1, 0.15) is 17.3 Å². The minimum absolute atomic E-state index is 0.0370. The lowest BCUT2D eigenvalue weighted by atomic mass is 9.73. The fraction of sp³-hybridized carbons (Fsp3) is 0.386. The largest absolute Gasteiger partial charge is 0.457 e. The van der Waals surface area contributed by atoms with Crippen molar-refractivity contribution in [3.8, 4) is 17.3 Å². The highest BCUT2D eigenvalue weighted by Crippen LogP contribution is 2.51. The van der Waals surface area contributed by atoms with E-state index in [0.717, 1.165) is 34.0 Å². The molecular weight excluding hydrogens is 913 g/mol. The summed E-state index contributed by atoms with van der Waals surface area (Å²) in [6.07, 6.45) is 1.96. The smallest absolute Gasteiger partial charge is 0.137 e. The van der Waals surface area contributed by atoms with Gasteiger partial charge in [-0.05, 0) is 104 Å². The Kier molecular flexibility index (Phi) is 13.2. The summed E-state index contributed by atoms with van der Waals surface area (Å²) in [6.45, 7) is 45.1. The standard InChI is InChI=1S/C70H84N4O/c1-64(2,3)48-34-35-71-60(41-48)74-58-33-27-26-32-56(58)61-57(66(7,8)9)43-55(44-59(61)74)75-54-40-49(65(4,5)6)37-53(42-54)73-45-72(62(67(10,11)12)63(73)68(13,14)15)52-38-50(69(16,17)46-28-22-20-23-29-46)36-51(39-52)70(18,19)47-30-24-21-25-31-47/h20-44H,45H2,1-19H3. The van der Waals surface area contributed by atoms with E-state index < -0.39 is 0 Å². The maximum absolute atomic E-state index is 7.35. The summed E-state index contributed by atoms with van der Waals surface area (Å²) in [4.78, 5) is 10.3. The minimum Gasteiger partial charge on any atom is -0.457 e. The molecule has 0 spiro atoms. The normalized spacial score (nSPS) is 14.4. The van der Waals surface area contributed by atoms with Crippen molar-refractivity contribution in [2.24, 2.45) is 10.8 Å². The van der Waals surface area contributed by atoms with E-state index >= 15 is 0 Å². The maximum Gasteiger partial charge on any atom is 0.137 e. The first-order chi connectivity index (χ1) is 34.8. The molecule has 75 heavy (non-hydrogen) atoms. The summed E-state index contributed by atoms with van der Waals surface area (Å²) in [5.74, 6) is 2.52. The van der Waals surface area contributed by atoms with Gasteiger partial charge in [-0.3, -0.25) is 4.57 Å². The fourth-order valence-corrected chi connectivity index (χ4v) is 11.4. The van der Waals surface area contributed by atoms with Gasteiger partial charge in [0, 0.05) is 73.5 Å². The number of para-hydroxylation sites is 1. The number of allylic oxidation sites excluding steroid dienone is 2. The summed E-state index contributed by atoms with van der Waals surface area (Å²) < 4.78 is 9.69. The summed E-state index contributed by atoms with van der Waals surface area (Å²) >= 11 is 0. The number of fused-ring (bicyclic) bond motifs is 3. The van der Waals surface area contributed by atoms with Crippen LogP contribution in [0.25, 0.3) is 27.6 Å². The number of benzene rings is 6. The zero-order valence-corrected chi connectivity index (χ0v) is 48.8. The van der Waals surface area contributed by atoms with Crippen LogP contribution in [-0.2, 0) is 27.1 Å². The molecular formula is C70H84N4O. The van der Waals surface area contributed by atoms with Crippen LogP contribution in [0.4, 0.5) is 11.4 Å². The summed E-state index contributed by atoms with van der Waals surface area (Å²) in [5.41, 5.74) is 14.7. The molecule has 1 aliphatic heterocycles. The third kappa shape index (κ3) is 10.2. The highest BCUT2D eigenvalue weighted by atomic mass is 16.5. The molecule has 1 aliphatic rings. The predicted octanol–water partition coefficient (Wildman–Crippen LogP) is 19.1. The van der Waals surface area contributed by atoms with Gasteiger partial charge in [-0.15, -0.1) is 0 Å². The molecule has 0 bridgehead atoms. The zero-order valence-electron chi connectivity index (χ0n) is 48.8. The van der Waals surface area contributed by atoms with Gasteiger partial charge in [0.05, 0.1) is 17.7 Å². The molecule has 0 amide bonds. The number of nitrogens with zero attached hydrogens (tertiary/aromatic N) is 4. The summed E-state index contributed by atoms with van der Waals surface area (Å²) in [5, 5.41) is 2.44. The number of ether oxygens (including phenoxy) is 1. The van der Waals surface area contributed by atoms with Crippen LogP contribution in [0.15, 0.2) is 163 Å². The van der Waals surface area contributed by atoms with Gasteiger partial charge in [0.2, 0.25) is 0 Å². The second kappa shape index (κ2) is 18.6. The Morgan fingerprint density at radius 2 is 0.867 bits per heavy atom. The lowest BCUT2D eigenvalue weighted by Crippen LogP contribution is -2.32. The van der Waals surface area contributed by atoms with Crippen molar-refractivity contribution in [2.75, 3.05) is 16.5 Å². The molecule has 3 heterocycles. The van der Waals surface area contributed by atoms with Crippen molar-refractivity contribution in [1.29, 1.82) is 0 Å². The number of rotatable bonds is 9. The Morgan fingerprint density at radius 3 is 1.37 bits per heavy atom. The molecule has 0 aliphatic carbocycles. The number of anilines is 2. The number of pyridine rings is 1. The van der Waals surface area contributed by atoms with Crippen LogP contribution in [0.3, 0.4) is 0 Å². The van der Waals surface area contributed by atoms with Crippen LogP contribution in [0.1, 0.15) is 170 Å². The monoisotopic (exact) mass is 997 g/mol. The van der Waals surface area contributed by atoms with E-state index in [1.54, 1.807) is 0 Å². The Morgan fingerprint density at radius 1 is 0.387 bits per heavy atom. The SMILES string of the molecule is CC(C)(C)C1=C(C(C)(C)C)N(c2cc(C(C)(C)c3ccccc3)cc(C(C)(C)c3ccccc3)c2)CN1c1cc(Oc2cc(C(C)(C)C)c3c4ccccc4n(-c4cc(C(C)(C)C)ccn4)c3c2)cc(C(C)(C)C)c1. The van der Waals surface area contributed by atoms with Gasteiger partial charge in [0.15, 0.2) is 0 Å². The number of hydrogen-bond donors (Lipinski definition) is 0. The molecule has 390 valence electrons. The minimum atomic E-state index is -0.263. The Hall–Kier alpha value is -6.59. The van der Waals surface area contributed by atoms with Crippen molar-refractivity contribution in [2.45, 2.75) is 159 Å². The van der Waals surface area contributed by atoms with Crippen LogP contribution in [-0.4, -0.2) is 16.2 Å². The van der Waals surface area contributed by atoms with Gasteiger partial charge < -0.3 is 14.5 Å². The van der Waals surface area contributed by atoms with Crippen LogP contribution < -0.4 is 14.5 Å². The van der Waals surface area contributed by atoms with Gasteiger partial charge in [-0.25, -0.2) is 4.98 Å². The van der Waals surface area contributed by atoms with E-state index in [9.17, 15) is 0 Å². The van der Waals surface area contributed by atoms with E-state index in [1.807, 2.05) is 6.20 Å². The van der Waals surface area contributed by atoms with E-state index in [-0.39, 0.29) is 37.9 Å². The lowest BCUT2D eigenvalue weighted by Gasteiger charge is -2.36. The van der Waals surface area contributed by atoms with Crippen LogP contribution >= 0.6 is 0 Å². The van der Waals surface area contributed by atoms with Crippen molar-refractivity contribution in [3.63, 3.8) is 0 Å². The molecule has 0 saturated heterocycles. The highest BCUT2D eigenvalue weighted by molar-refractivity contribution is 6.11. The summed E-state index contributed by atoms with van der Waals surface area (Å²) in [6, 6.07) is 54.1. The average molecular weight is 997 g/mol. The molecule has 5 nitrogen and oxygen atoms in total. The Labute approximate surface area is 450 Å². The van der Waals surface area contributed by atoms with E-state index in [1.165, 1.54) is 66.8 Å². The molecule has 0 N–H and O–H groups in total. The van der Waals surface area contributed by atoms with Crippen molar-refractivity contribution >= 4 is 33.2 Å². The molecule has 2 aromatic heterocycles. The summed E-state index contributed by atoms with van der Waals surface area (Å²) in [7, 11) is 0. The lowest BCUT2D eigenvalue weighted by molar-refractivity contribution is 0.444. The molecule has 9 rings (SSSR count). The quantitative estimate of drug-likeness (QED) is 0.144. The van der Waals surface area contributed by atoms with Crippen LogP contribution in [0.5, 0.6) is 11.5 Å².